The Kier molecular flexibility index (Phi) is 5.10. The van der Waals surface area contributed by atoms with E-state index in [4.69, 9.17) is 10.3 Å². The molecule has 0 aliphatic carbocycles. The van der Waals surface area contributed by atoms with Crippen LogP contribution >= 0.6 is 0 Å². The van der Waals surface area contributed by atoms with Crippen molar-refractivity contribution in [2.45, 2.75) is 4.90 Å². The number of rotatable bonds is 1. The Morgan fingerprint density at radius 2 is 1.62 bits per heavy atom. The third-order valence-electron chi connectivity index (χ3n) is 1.15. The predicted molar refractivity (Wildman–Crippen MR) is 41.3 cm³/mol. The van der Waals surface area contributed by atoms with Crippen molar-refractivity contribution in [2.75, 3.05) is 0 Å². The third kappa shape index (κ3) is 4.34. The zero-order chi connectivity index (χ0) is 10.5. The summed E-state index contributed by atoms with van der Waals surface area (Å²) >= 11 is 0.222. The molecule has 0 aromatic heterocycles. The van der Waals surface area contributed by atoms with Gasteiger partial charge in [-0.15, -0.1) is 5.69 Å². The maximum atomic E-state index is 10.4. The average Bonchev–Trinajstić information content (AvgIpc) is 2.07. The van der Waals surface area contributed by atoms with Crippen molar-refractivity contribution in [3.63, 3.8) is 0 Å². The van der Waals surface area contributed by atoms with Crippen LogP contribution in [0.15, 0.2) is 29.2 Å². The molecule has 0 saturated carbocycles. The third-order valence-corrected chi connectivity index (χ3v) is 2.02. The van der Waals surface area contributed by atoms with Crippen LogP contribution < -0.4 is 0 Å². The molecule has 0 aliphatic rings. The predicted octanol–water partition coefficient (Wildman–Crippen LogP) is 2.03. The number of nitrogens with one attached hydrogen (secondary N) is 1. The summed E-state index contributed by atoms with van der Waals surface area (Å²) in [5.41, 5.74) is 7.23. The Morgan fingerprint density at radius 1 is 1.23 bits per heavy atom. The van der Waals surface area contributed by atoms with Crippen molar-refractivity contribution < 1.29 is 35.9 Å². The van der Waals surface area contributed by atoms with Gasteiger partial charge in [0.2, 0.25) is 0 Å². The van der Waals surface area contributed by atoms with E-state index in [1.54, 1.807) is 0 Å². The van der Waals surface area contributed by atoms with E-state index >= 15 is 0 Å². The van der Waals surface area contributed by atoms with Crippen LogP contribution in [0.2, 0.25) is 0 Å². The molecule has 0 bridgehead atoms. The fraction of sp³-hybridized carbons (Fsp3) is 0. The maximum Gasteiger partial charge on any atom is 0.294 e. The topological polar surface area (TPSA) is 78.2 Å². The molecule has 0 radical (unpaired) electrons. The minimum absolute atomic E-state index is 0.187. The Balaban J connectivity index is 0.000000671. The van der Waals surface area contributed by atoms with Crippen LogP contribution in [0, 0.1) is 0 Å². The second-order valence-corrected chi connectivity index (χ2v) is 3.42. The fourth-order valence-corrected chi connectivity index (χ4v) is 1.11. The van der Waals surface area contributed by atoms with Crippen LogP contribution in [0.25, 0.3) is 5.73 Å². The maximum absolute atomic E-state index is 10.4. The number of benzene rings is 1. The second kappa shape index (κ2) is 5.29. The Bertz CT molecular complexity index is 351. The molecule has 7 heteroatoms. The van der Waals surface area contributed by atoms with Gasteiger partial charge >= 0.3 is 22.9 Å². The van der Waals surface area contributed by atoms with Gasteiger partial charge in [-0.2, -0.15) is 8.42 Å². The molecular formula is C6H6FNO3ReS-. The Morgan fingerprint density at radius 3 is 1.92 bits per heavy atom. The van der Waals surface area contributed by atoms with E-state index < -0.39 is 10.1 Å². The molecule has 0 atom stereocenters. The van der Waals surface area contributed by atoms with Crippen molar-refractivity contribution in [1.29, 1.82) is 0 Å². The van der Waals surface area contributed by atoms with Gasteiger partial charge in [-0.1, -0.05) is 12.1 Å². The summed E-state index contributed by atoms with van der Waals surface area (Å²) in [6.07, 6.45) is 0. The molecular weight excluding hydrogens is 371 g/mol. The summed E-state index contributed by atoms with van der Waals surface area (Å²) in [5, 5.41) is 0. The summed E-state index contributed by atoms with van der Waals surface area (Å²) in [7, 11) is -4.10. The smallest absolute Gasteiger partial charge is 0.294 e. The Hall–Kier alpha value is -0.478. The minimum atomic E-state index is -4.10. The zero-order valence-electron chi connectivity index (χ0n) is 6.24. The van der Waals surface area contributed by atoms with E-state index in [1.807, 2.05) is 0 Å². The first kappa shape index (κ1) is 12.5. The van der Waals surface area contributed by atoms with Crippen LogP contribution in [-0.4, -0.2) is 13.0 Å². The molecule has 4 nitrogen and oxygen atoms in total. The SMILES string of the molecule is [F][Re].[NH-]c1ccc(S(=O)(=O)O)cc1. The summed E-state index contributed by atoms with van der Waals surface area (Å²) in [4.78, 5) is -0.187. The van der Waals surface area contributed by atoms with Gasteiger partial charge in [0.05, 0.1) is 4.90 Å². The van der Waals surface area contributed by atoms with Crippen molar-refractivity contribution in [3.05, 3.63) is 30.0 Å². The molecule has 0 saturated heterocycles. The van der Waals surface area contributed by atoms with Crippen LogP contribution in [0.1, 0.15) is 0 Å². The second-order valence-electron chi connectivity index (χ2n) is 2.00. The van der Waals surface area contributed by atoms with E-state index in [1.165, 1.54) is 24.3 Å². The number of hydrogen-bond donors (Lipinski definition) is 1. The van der Waals surface area contributed by atoms with Gasteiger partial charge in [0.25, 0.3) is 10.1 Å². The van der Waals surface area contributed by atoms with E-state index in [0.29, 0.717) is 0 Å². The minimum Gasteiger partial charge on any atom is -0.699 e. The van der Waals surface area contributed by atoms with Crippen molar-refractivity contribution in [1.82, 2.24) is 0 Å². The van der Waals surface area contributed by atoms with Crippen molar-refractivity contribution in [2.24, 2.45) is 0 Å². The Labute approximate surface area is 86.7 Å². The van der Waals surface area contributed by atoms with Gasteiger partial charge < -0.3 is 5.73 Å². The van der Waals surface area contributed by atoms with Gasteiger partial charge in [-0.25, -0.2) is 0 Å². The summed E-state index contributed by atoms with van der Waals surface area (Å²) < 4.78 is 38.9. The van der Waals surface area contributed by atoms with Crippen LogP contribution in [-0.2, 0) is 29.8 Å². The molecule has 74 valence electrons. The summed E-state index contributed by atoms with van der Waals surface area (Å²) in [6.45, 7) is 0. The molecule has 0 amide bonds. The zero-order valence-corrected chi connectivity index (χ0v) is 9.77. The van der Waals surface area contributed by atoms with Gasteiger partial charge in [0.1, 0.15) is 0 Å². The first-order valence-corrected chi connectivity index (χ1v) is 5.40. The summed E-state index contributed by atoms with van der Waals surface area (Å²) in [5.74, 6) is 0. The normalized spacial score (nSPS) is 10.1. The molecule has 0 fully saturated rings. The van der Waals surface area contributed by atoms with Gasteiger partial charge in [-0.3, -0.25) is 4.55 Å². The summed E-state index contributed by atoms with van der Waals surface area (Å²) in [6, 6.07) is 4.95. The van der Waals surface area contributed by atoms with E-state index in [-0.39, 0.29) is 30.3 Å². The number of halogens is 1. The van der Waals surface area contributed by atoms with E-state index in [0.717, 1.165) is 0 Å². The molecule has 1 rings (SSSR count). The fourth-order valence-electron chi connectivity index (χ4n) is 0.627. The quantitative estimate of drug-likeness (QED) is 0.761. The van der Waals surface area contributed by atoms with Crippen molar-refractivity contribution >= 4 is 15.8 Å². The van der Waals surface area contributed by atoms with Crippen LogP contribution in [0.5, 0.6) is 0 Å². The van der Waals surface area contributed by atoms with E-state index in [9.17, 15) is 11.6 Å². The molecule has 0 unspecified atom stereocenters. The van der Waals surface area contributed by atoms with Crippen LogP contribution in [0.3, 0.4) is 0 Å². The molecule has 0 heterocycles. The first-order valence-electron chi connectivity index (χ1n) is 2.93. The van der Waals surface area contributed by atoms with Crippen molar-refractivity contribution in [3.8, 4) is 0 Å². The standard InChI is InChI=1S/C6H6NO3S.FH.Re/c7-5-1-3-6(4-2-5)11(8,9)10;;/h1-4,7H,(H,8,9,10);1H;/q-1;;+1/p-1. The van der Waals surface area contributed by atoms with Gasteiger partial charge in [-0.05, 0) is 12.1 Å². The average molecular weight is 377 g/mol. The molecule has 0 spiro atoms. The van der Waals surface area contributed by atoms with E-state index in [2.05, 4.69) is 0 Å². The molecule has 1 aromatic carbocycles. The monoisotopic (exact) mass is 378 g/mol. The van der Waals surface area contributed by atoms with Crippen LogP contribution in [0.4, 0.5) is 8.91 Å². The van der Waals surface area contributed by atoms with Gasteiger partial charge in [0.15, 0.2) is 0 Å². The molecule has 13 heavy (non-hydrogen) atoms. The first-order chi connectivity index (χ1) is 6.00. The number of hydrogen-bond acceptors (Lipinski definition) is 2. The molecule has 2 N–H and O–H groups in total. The van der Waals surface area contributed by atoms with Gasteiger partial charge in [0, 0.05) is 0 Å². The molecule has 0 aliphatic heterocycles. The molecule has 1 aromatic rings. The largest absolute Gasteiger partial charge is 0.699 e.